The minimum absolute atomic E-state index is 0.442. The van der Waals surface area contributed by atoms with Gasteiger partial charge in [-0.1, -0.05) is 30.1 Å². The summed E-state index contributed by atoms with van der Waals surface area (Å²) in [5, 5.41) is 15.3. The molecule has 0 aliphatic heterocycles. The molecule has 92 valence electrons. The lowest BCUT2D eigenvalue weighted by Gasteiger charge is -2.11. The predicted octanol–water partition coefficient (Wildman–Crippen LogP) is 3.14. The molecule has 0 aliphatic carbocycles. The van der Waals surface area contributed by atoms with Crippen molar-refractivity contribution in [3.8, 4) is 0 Å². The molecule has 2 rings (SSSR count). The second-order valence-corrected chi connectivity index (χ2v) is 5.61. The van der Waals surface area contributed by atoms with Gasteiger partial charge in [0.05, 0.1) is 23.1 Å². The van der Waals surface area contributed by atoms with Gasteiger partial charge in [-0.25, -0.2) is 4.98 Å². The Hall–Kier alpha value is -0.620. The Morgan fingerprint density at radius 1 is 1.47 bits per heavy atom. The highest BCUT2D eigenvalue weighted by atomic mass is 35.5. The zero-order valence-electron chi connectivity index (χ0n) is 9.10. The van der Waals surface area contributed by atoms with Gasteiger partial charge < -0.3 is 5.11 Å². The molecule has 0 fully saturated rings. The van der Waals surface area contributed by atoms with E-state index in [9.17, 15) is 5.11 Å². The first-order valence-electron chi connectivity index (χ1n) is 5.14. The normalized spacial score (nSPS) is 12.9. The van der Waals surface area contributed by atoms with Crippen molar-refractivity contribution in [2.75, 3.05) is 0 Å². The average molecular weight is 292 g/mol. The molecule has 0 aromatic carbocycles. The van der Waals surface area contributed by atoms with Gasteiger partial charge in [0.2, 0.25) is 0 Å². The zero-order valence-corrected chi connectivity index (χ0v) is 11.4. The first-order chi connectivity index (χ1) is 8.13. The summed E-state index contributed by atoms with van der Waals surface area (Å²) < 4.78 is 2.24. The minimum atomic E-state index is -0.881. The molecule has 0 aliphatic rings. The lowest BCUT2D eigenvalue weighted by atomic mass is 10.2. The van der Waals surface area contributed by atoms with Crippen LogP contribution in [0.1, 0.15) is 30.2 Å². The Morgan fingerprint density at radius 2 is 2.24 bits per heavy atom. The third-order valence-corrected chi connectivity index (χ3v) is 3.72. The quantitative estimate of drug-likeness (QED) is 0.941. The topological polar surface area (TPSA) is 50.9 Å². The van der Waals surface area contributed by atoms with E-state index in [4.69, 9.17) is 23.2 Å². The Kier molecular flexibility index (Phi) is 4.04. The summed E-state index contributed by atoms with van der Waals surface area (Å²) in [6, 6.07) is 0. The van der Waals surface area contributed by atoms with Crippen LogP contribution in [-0.2, 0) is 6.54 Å². The molecular formula is C10H11Cl2N3OS. The lowest BCUT2D eigenvalue weighted by molar-refractivity contribution is 0.207. The van der Waals surface area contributed by atoms with Gasteiger partial charge in [0, 0.05) is 6.54 Å². The van der Waals surface area contributed by atoms with Crippen LogP contribution in [0.15, 0.2) is 12.4 Å². The summed E-state index contributed by atoms with van der Waals surface area (Å²) in [6.45, 7) is 2.74. The third kappa shape index (κ3) is 2.63. The summed E-state index contributed by atoms with van der Waals surface area (Å²) in [4.78, 5) is 4.05. The molecule has 0 amide bonds. The summed E-state index contributed by atoms with van der Waals surface area (Å²) in [7, 11) is 0. The fraction of sp³-hybridized carbons (Fsp3) is 0.400. The van der Waals surface area contributed by atoms with Gasteiger partial charge in [-0.3, -0.25) is 4.68 Å². The van der Waals surface area contributed by atoms with E-state index in [1.54, 1.807) is 4.68 Å². The van der Waals surface area contributed by atoms with E-state index >= 15 is 0 Å². The van der Waals surface area contributed by atoms with Crippen molar-refractivity contribution in [2.24, 2.45) is 0 Å². The smallest absolute Gasteiger partial charge is 0.149 e. The van der Waals surface area contributed by atoms with Crippen LogP contribution >= 0.6 is 34.5 Å². The largest absolute Gasteiger partial charge is 0.379 e. The Labute approximate surface area is 113 Å². The van der Waals surface area contributed by atoms with Crippen LogP contribution < -0.4 is 0 Å². The van der Waals surface area contributed by atoms with Crippen LogP contribution in [0.3, 0.4) is 0 Å². The fourth-order valence-electron chi connectivity index (χ4n) is 1.54. The Balaban J connectivity index is 2.35. The second-order valence-electron chi connectivity index (χ2n) is 3.51. The highest BCUT2D eigenvalue weighted by Crippen LogP contribution is 2.32. The van der Waals surface area contributed by atoms with Gasteiger partial charge in [-0.15, -0.1) is 11.3 Å². The van der Waals surface area contributed by atoms with Gasteiger partial charge >= 0.3 is 0 Å². The number of hydrogen-bond acceptors (Lipinski definition) is 4. The van der Waals surface area contributed by atoms with Crippen molar-refractivity contribution < 1.29 is 5.11 Å². The summed E-state index contributed by atoms with van der Waals surface area (Å²) in [5.74, 6) is 0. The third-order valence-electron chi connectivity index (χ3n) is 2.26. The van der Waals surface area contributed by atoms with Gasteiger partial charge in [0.1, 0.15) is 15.4 Å². The number of aryl methyl sites for hydroxylation is 1. The maximum Gasteiger partial charge on any atom is 0.149 e. The van der Waals surface area contributed by atoms with Crippen LogP contribution in [0.4, 0.5) is 0 Å². The number of aromatic nitrogens is 3. The van der Waals surface area contributed by atoms with Crippen LogP contribution in [0.2, 0.25) is 9.36 Å². The van der Waals surface area contributed by atoms with E-state index in [0.717, 1.165) is 6.42 Å². The van der Waals surface area contributed by atoms with Crippen LogP contribution in [0.5, 0.6) is 0 Å². The van der Waals surface area contributed by atoms with Crippen molar-refractivity contribution >= 4 is 34.5 Å². The molecule has 0 spiro atoms. The zero-order chi connectivity index (χ0) is 12.4. The number of aliphatic hydroxyl groups is 1. The van der Waals surface area contributed by atoms with Gasteiger partial charge in [-0.2, -0.15) is 5.10 Å². The first kappa shape index (κ1) is 12.8. The predicted molar refractivity (Wildman–Crippen MR) is 68.7 cm³/mol. The number of halogens is 2. The molecular weight excluding hydrogens is 281 g/mol. The lowest BCUT2D eigenvalue weighted by Crippen LogP contribution is -2.10. The molecule has 2 aromatic heterocycles. The fourth-order valence-corrected chi connectivity index (χ4v) is 2.71. The van der Waals surface area contributed by atoms with E-state index < -0.39 is 6.10 Å². The number of rotatable bonds is 4. The molecule has 1 unspecified atom stereocenters. The van der Waals surface area contributed by atoms with E-state index in [1.165, 1.54) is 23.7 Å². The minimum Gasteiger partial charge on any atom is -0.379 e. The molecule has 17 heavy (non-hydrogen) atoms. The van der Waals surface area contributed by atoms with Crippen molar-refractivity contribution in [1.82, 2.24) is 14.8 Å². The highest BCUT2D eigenvalue weighted by molar-refractivity contribution is 7.15. The number of aliphatic hydroxyl groups excluding tert-OH is 1. The van der Waals surface area contributed by atoms with E-state index in [-0.39, 0.29) is 0 Å². The number of hydrogen-bond donors (Lipinski definition) is 1. The molecule has 0 saturated heterocycles. The molecule has 2 heterocycles. The molecule has 1 N–H and O–H groups in total. The van der Waals surface area contributed by atoms with Crippen LogP contribution in [-0.4, -0.2) is 19.9 Å². The molecule has 7 heteroatoms. The molecule has 2 aromatic rings. The molecule has 0 radical (unpaired) electrons. The summed E-state index contributed by atoms with van der Waals surface area (Å²) in [5.41, 5.74) is 0.569. The van der Waals surface area contributed by atoms with Crippen molar-refractivity contribution in [3.05, 3.63) is 32.5 Å². The van der Waals surface area contributed by atoms with Gasteiger partial charge in [0.25, 0.3) is 0 Å². The molecule has 1 atom stereocenters. The number of nitrogens with zero attached hydrogens (tertiary/aromatic N) is 3. The second kappa shape index (κ2) is 5.35. The SMILES string of the molecule is CCCn1ncc(Cl)c1C(O)c1ncc(Cl)s1. The van der Waals surface area contributed by atoms with Gasteiger partial charge in [0.15, 0.2) is 0 Å². The molecule has 0 bridgehead atoms. The van der Waals surface area contributed by atoms with Crippen molar-refractivity contribution in [1.29, 1.82) is 0 Å². The molecule has 4 nitrogen and oxygen atoms in total. The maximum absolute atomic E-state index is 10.2. The summed E-state index contributed by atoms with van der Waals surface area (Å²) >= 11 is 13.1. The Bertz CT molecular complexity index is 511. The summed E-state index contributed by atoms with van der Waals surface area (Å²) in [6.07, 6.45) is 3.08. The average Bonchev–Trinajstić information content (AvgIpc) is 2.86. The Morgan fingerprint density at radius 3 is 2.82 bits per heavy atom. The maximum atomic E-state index is 10.2. The van der Waals surface area contributed by atoms with Gasteiger partial charge in [-0.05, 0) is 6.42 Å². The van der Waals surface area contributed by atoms with E-state index in [0.29, 0.717) is 26.6 Å². The van der Waals surface area contributed by atoms with Crippen molar-refractivity contribution in [3.63, 3.8) is 0 Å². The number of thiazole rings is 1. The van der Waals surface area contributed by atoms with E-state index in [1.807, 2.05) is 6.92 Å². The molecule has 0 saturated carbocycles. The van der Waals surface area contributed by atoms with Crippen LogP contribution in [0, 0.1) is 0 Å². The monoisotopic (exact) mass is 291 g/mol. The van der Waals surface area contributed by atoms with E-state index in [2.05, 4.69) is 10.1 Å². The highest BCUT2D eigenvalue weighted by Gasteiger charge is 2.22. The van der Waals surface area contributed by atoms with Crippen molar-refractivity contribution in [2.45, 2.75) is 26.0 Å². The standard InChI is InChI=1S/C10H11Cl2N3OS/c1-2-3-15-8(6(11)4-14-15)9(16)10-13-5-7(12)17-10/h4-5,9,16H,2-3H2,1H3. The first-order valence-corrected chi connectivity index (χ1v) is 6.71. The van der Waals surface area contributed by atoms with Crippen LogP contribution in [0.25, 0.3) is 0 Å².